The summed E-state index contributed by atoms with van der Waals surface area (Å²) in [5.74, 6) is 0. The van der Waals surface area contributed by atoms with Gasteiger partial charge in [0.25, 0.3) is 0 Å². The van der Waals surface area contributed by atoms with Gasteiger partial charge in [0.1, 0.15) is 0 Å². The summed E-state index contributed by atoms with van der Waals surface area (Å²) in [6.07, 6.45) is 42.5. The summed E-state index contributed by atoms with van der Waals surface area (Å²) in [4.78, 5) is 10.4. The normalized spacial score (nSPS) is 14.2. The van der Waals surface area contributed by atoms with Crippen molar-refractivity contribution in [1.29, 1.82) is 0 Å². The van der Waals surface area contributed by atoms with Gasteiger partial charge in [-0.3, -0.25) is 9.05 Å². The molecule has 0 spiro atoms. The third kappa shape index (κ3) is 35.1. The van der Waals surface area contributed by atoms with Crippen LogP contribution in [-0.4, -0.2) is 11.7 Å². The van der Waals surface area contributed by atoms with Crippen molar-refractivity contribution in [2.24, 2.45) is 0 Å². The minimum Gasteiger partial charge on any atom is -0.302 e. The maximum absolute atomic E-state index is 12.7. The highest BCUT2D eigenvalue weighted by Crippen LogP contribution is 2.58. The molecule has 0 aliphatic rings. The van der Waals surface area contributed by atoms with Crippen LogP contribution in [0, 0.1) is 0 Å². The van der Waals surface area contributed by atoms with Crippen LogP contribution in [0.2, 0.25) is 0 Å². The molecule has 0 amide bonds. The fraction of sp³-hybridized carbons (Fsp3) is 0.889. The summed E-state index contributed by atoms with van der Waals surface area (Å²) >= 11 is 13.7. The Labute approximate surface area is 312 Å². The Balaban J connectivity index is 3.87. The largest absolute Gasteiger partial charge is 0.476 e. The third-order valence-electron chi connectivity index (χ3n) is 7.96. The van der Waals surface area contributed by atoms with E-state index in [-0.39, 0.29) is 0 Å². The van der Waals surface area contributed by atoms with E-state index in [1.165, 1.54) is 116 Å². The van der Waals surface area contributed by atoms with Crippen molar-refractivity contribution in [3.63, 3.8) is 0 Å². The van der Waals surface area contributed by atoms with E-state index >= 15 is 0 Å². The van der Waals surface area contributed by atoms with Crippen molar-refractivity contribution >= 4 is 71.5 Å². The molecule has 0 aliphatic carbocycles. The van der Waals surface area contributed by atoms with Crippen LogP contribution >= 0.6 is 71.5 Å². The first-order valence-electron chi connectivity index (χ1n) is 18.3. The van der Waals surface area contributed by atoms with Crippen molar-refractivity contribution in [1.82, 2.24) is 0 Å². The van der Waals surface area contributed by atoms with Crippen LogP contribution in [0.25, 0.3) is 0 Å². The molecule has 0 saturated carbocycles. The van der Waals surface area contributed by atoms with E-state index in [1.807, 2.05) is 0 Å². The van der Waals surface area contributed by atoms with Gasteiger partial charge in [-0.2, -0.15) is 0 Å². The zero-order valence-electron chi connectivity index (χ0n) is 28.7. The highest BCUT2D eigenvalue weighted by Gasteiger charge is 2.40. The Bertz CT molecular complexity index is 703. The predicted octanol–water partition coefficient (Wildman–Crippen LogP) is 16.1. The summed E-state index contributed by atoms with van der Waals surface area (Å²) in [5, 5.41) is 0. The molecule has 0 aliphatic heterocycles. The van der Waals surface area contributed by atoms with Gasteiger partial charge >= 0.3 is 7.82 Å². The number of halogens is 4. The number of phosphoric ester groups is 1. The smallest absolute Gasteiger partial charge is 0.302 e. The molecule has 9 heteroatoms. The Hall–Kier alpha value is 1.51. The first-order valence-corrected chi connectivity index (χ1v) is 23.0. The monoisotopic (exact) mass is 910 g/mol. The van der Waals surface area contributed by atoms with Crippen LogP contribution in [0.3, 0.4) is 0 Å². The molecule has 0 unspecified atom stereocenters. The Kier molecular flexibility index (Phi) is 32.5. The third-order valence-corrected chi connectivity index (χ3v) is 12.3. The van der Waals surface area contributed by atoms with E-state index in [4.69, 9.17) is 9.05 Å². The summed E-state index contributed by atoms with van der Waals surface area (Å²) in [6.45, 7) is 4.53. The summed E-state index contributed by atoms with van der Waals surface area (Å²) in [6, 6.07) is 0. The first kappa shape index (κ1) is 46.5. The van der Waals surface area contributed by atoms with E-state index in [1.54, 1.807) is 0 Å². The molecular formula is C36H67Br4O4P. The van der Waals surface area contributed by atoms with Crippen molar-refractivity contribution in [3.8, 4) is 0 Å². The van der Waals surface area contributed by atoms with Gasteiger partial charge in [0.15, 0.2) is 6.84 Å². The van der Waals surface area contributed by atoms with Gasteiger partial charge in [-0.05, 0) is 141 Å². The zero-order chi connectivity index (χ0) is 33.5. The Morgan fingerprint density at radius 2 is 0.711 bits per heavy atom. The number of hydrogen-bond acceptors (Lipinski definition) is 3. The van der Waals surface area contributed by atoms with Crippen molar-refractivity contribution in [2.75, 3.05) is 0 Å². The molecule has 0 saturated heterocycles. The van der Waals surface area contributed by atoms with Gasteiger partial charge in [0.2, 0.25) is 0 Å². The standard InChI is InChI=1S/C36H67Br4O4P/c1-3-5-7-9-11-13-15-17-19-21-23-25-27-29-31-33-35(37,38)43-45(41,42)44-36(39,40)34-32-30-28-26-24-22-20-18-16-14-12-10-8-6-4-2/h17-20H,3-16,21-34H2,1-2H3,(H,41,42). The van der Waals surface area contributed by atoms with Gasteiger partial charge in [0, 0.05) is 0 Å². The quantitative estimate of drug-likeness (QED) is 0.0302. The number of allylic oxidation sites excluding steroid dienone is 4. The second-order valence-corrected chi connectivity index (χ2v) is 21.1. The Morgan fingerprint density at radius 3 is 1.00 bits per heavy atom. The number of unbranched alkanes of at least 4 members (excludes halogenated alkanes) is 22. The molecule has 0 aromatic heterocycles. The minimum absolute atomic E-state index is 0.560. The molecule has 0 atom stereocenters. The summed E-state index contributed by atoms with van der Waals surface area (Å²) in [7, 11) is -4.32. The minimum atomic E-state index is -4.32. The van der Waals surface area contributed by atoms with Crippen molar-refractivity contribution in [2.45, 2.75) is 200 Å². The van der Waals surface area contributed by atoms with Crippen LogP contribution < -0.4 is 0 Å². The number of hydrogen-bond donors (Lipinski definition) is 1. The highest BCUT2D eigenvalue weighted by atomic mass is 79.9. The molecule has 4 nitrogen and oxygen atoms in total. The van der Waals surface area contributed by atoms with E-state index in [0.717, 1.165) is 51.4 Å². The van der Waals surface area contributed by atoms with E-state index in [9.17, 15) is 9.46 Å². The lowest BCUT2D eigenvalue weighted by Crippen LogP contribution is -2.20. The second-order valence-electron chi connectivity index (χ2n) is 12.6. The fourth-order valence-electron chi connectivity index (χ4n) is 5.25. The van der Waals surface area contributed by atoms with Crippen LogP contribution in [0.1, 0.15) is 194 Å². The molecular weight excluding hydrogens is 847 g/mol. The van der Waals surface area contributed by atoms with Crippen LogP contribution in [-0.2, 0) is 13.6 Å². The molecule has 268 valence electrons. The Morgan fingerprint density at radius 1 is 0.467 bits per heavy atom. The average molecular weight is 915 g/mol. The second kappa shape index (κ2) is 31.5. The first-order chi connectivity index (χ1) is 21.5. The van der Waals surface area contributed by atoms with Crippen molar-refractivity contribution < 1.29 is 18.5 Å². The molecule has 0 bridgehead atoms. The lowest BCUT2D eigenvalue weighted by molar-refractivity contribution is 0.110. The molecule has 0 aromatic carbocycles. The van der Waals surface area contributed by atoms with Gasteiger partial charge < -0.3 is 4.89 Å². The molecule has 0 rings (SSSR count). The topological polar surface area (TPSA) is 55.8 Å². The SMILES string of the molecule is CCCCCCCCC=CCCCCCCCC(Br)(Br)OP(=O)(O)OC(Br)(Br)CCCCCCCC=CCCCCCCCC. The number of phosphoric acid groups is 1. The van der Waals surface area contributed by atoms with Gasteiger partial charge in [-0.15, -0.1) is 0 Å². The van der Waals surface area contributed by atoms with Gasteiger partial charge in [0.05, 0.1) is 0 Å². The highest BCUT2D eigenvalue weighted by molar-refractivity contribution is 9.25. The molecule has 1 N–H and O–H groups in total. The van der Waals surface area contributed by atoms with Crippen molar-refractivity contribution in [3.05, 3.63) is 24.3 Å². The van der Waals surface area contributed by atoms with Crippen LogP contribution in [0.4, 0.5) is 0 Å². The lowest BCUT2D eigenvalue weighted by atomic mass is 10.1. The van der Waals surface area contributed by atoms with Gasteiger partial charge in [-0.25, -0.2) is 4.57 Å². The van der Waals surface area contributed by atoms with Crippen LogP contribution in [0.5, 0.6) is 0 Å². The molecule has 0 aromatic rings. The van der Waals surface area contributed by atoms with E-state index in [0.29, 0.717) is 12.8 Å². The molecule has 0 heterocycles. The molecule has 45 heavy (non-hydrogen) atoms. The van der Waals surface area contributed by atoms with E-state index in [2.05, 4.69) is 102 Å². The number of alkyl halides is 4. The van der Waals surface area contributed by atoms with Gasteiger partial charge in [-0.1, -0.05) is 141 Å². The molecule has 0 radical (unpaired) electrons. The fourth-order valence-corrected chi connectivity index (χ4v) is 9.46. The number of rotatable bonds is 34. The van der Waals surface area contributed by atoms with E-state index < -0.39 is 14.7 Å². The predicted molar refractivity (Wildman–Crippen MR) is 212 cm³/mol. The summed E-state index contributed by atoms with van der Waals surface area (Å²) in [5.41, 5.74) is 0. The lowest BCUT2D eigenvalue weighted by Gasteiger charge is -2.28. The zero-order valence-corrected chi connectivity index (χ0v) is 36.0. The maximum Gasteiger partial charge on any atom is 0.476 e. The van der Waals surface area contributed by atoms with Crippen LogP contribution in [0.15, 0.2) is 24.3 Å². The maximum atomic E-state index is 12.7. The molecule has 0 fully saturated rings. The average Bonchev–Trinajstić information content (AvgIpc) is 2.95. The summed E-state index contributed by atoms with van der Waals surface area (Å²) < 4.78 is 21.5.